The lowest BCUT2D eigenvalue weighted by Gasteiger charge is -2.18. The standard InChI is InChI=1S/C14H21N3O/c1-4-16-9-12(15-2)10-5-6-13-11(7-10)8-14(18)17(13)3/h5-7,12,15-16H,4,8-9H2,1-3H3. The Morgan fingerprint density at radius 2 is 2.22 bits per heavy atom. The topological polar surface area (TPSA) is 44.4 Å². The average Bonchev–Trinajstić information content (AvgIpc) is 2.66. The molecule has 1 aliphatic rings. The Morgan fingerprint density at radius 1 is 1.44 bits per heavy atom. The summed E-state index contributed by atoms with van der Waals surface area (Å²) >= 11 is 0. The van der Waals surface area contributed by atoms with Crippen LogP contribution in [0.3, 0.4) is 0 Å². The summed E-state index contributed by atoms with van der Waals surface area (Å²) in [6, 6.07) is 6.59. The van der Waals surface area contributed by atoms with Gasteiger partial charge in [0, 0.05) is 25.3 Å². The number of carbonyl (C=O) groups is 1. The van der Waals surface area contributed by atoms with Gasteiger partial charge in [0.15, 0.2) is 0 Å². The summed E-state index contributed by atoms with van der Waals surface area (Å²) in [5.41, 5.74) is 3.42. The minimum absolute atomic E-state index is 0.176. The number of rotatable bonds is 5. The maximum Gasteiger partial charge on any atom is 0.231 e. The van der Waals surface area contributed by atoms with E-state index >= 15 is 0 Å². The summed E-state index contributed by atoms with van der Waals surface area (Å²) in [4.78, 5) is 13.4. The Hall–Kier alpha value is -1.39. The molecular weight excluding hydrogens is 226 g/mol. The minimum atomic E-state index is 0.176. The van der Waals surface area contributed by atoms with Gasteiger partial charge in [-0.2, -0.15) is 0 Å². The summed E-state index contributed by atoms with van der Waals surface area (Å²) < 4.78 is 0. The molecule has 2 rings (SSSR count). The van der Waals surface area contributed by atoms with Crippen molar-refractivity contribution < 1.29 is 4.79 Å². The molecule has 1 atom stereocenters. The van der Waals surface area contributed by atoms with Gasteiger partial charge in [-0.15, -0.1) is 0 Å². The second-order valence-electron chi connectivity index (χ2n) is 4.67. The van der Waals surface area contributed by atoms with E-state index in [1.807, 2.05) is 20.2 Å². The molecule has 1 aliphatic heterocycles. The molecule has 1 aromatic rings. The number of nitrogens with one attached hydrogen (secondary N) is 2. The van der Waals surface area contributed by atoms with Crippen molar-refractivity contribution in [1.82, 2.24) is 10.6 Å². The Balaban J connectivity index is 2.21. The minimum Gasteiger partial charge on any atom is -0.315 e. The lowest BCUT2D eigenvalue weighted by Crippen LogP contribution is -2.29. The molecule has 18 heavy (non-hydrogen) atoms. The first kappa shape index (κ1) is 13.1. The number of amides is 1. The monoisotopic (exact) mass is 247 g/mol. The van der Waals surface area contributed by atoms with Gasteiger partial charge in [-0.05, 0) is 30.8 Å². The van der Waals surface area contributed by atoms with E-state index in [2.05, 4.69) is 29.7 Å². The fourth-order valence-electron chi connectivity index (χ4n) is 2.38. The number of benzene rings is 1. The highest BCUT2D eigenvalue weighted by Crippen LogP contribution is 2.29. The van der Waals surface area contributed by atoms with Crippen molar-refractivity contribution in [2.45, 2.75) is 19.4 Å². The molecule has 0 bridgehead atoms. The number of fused-ring (bicyclic) bond motifs is 1. The molecule has 1 aromatic carbocycles. The molecule has 1 heterocycles. The molecule has 0 aromatic heterocycles. The smallest absolute Gasteiger partial charge is 0.231 e. The molecule has 1 amide bonds. The van der Waals surface area contributed by atoms with Crippen molar-refractivity contribution >= 4 is 11.6 Å². The second-order valence-corrected chi connectivity index (χ2v) is 4.67. The summed E-state index contributed by atoms with van der Waals surface area (Å²) in [5.74, 6) is 0.176. The van der Waals surface area contributed by atoms with Gasteiger partial charge in [-0.1, -0.05) is 19.1 Å². The summed E-state index contributed by atoms with van der Waals surface area (Å²) in [7, 11) is 3.80. The number of nitrogens with zero attached hydrogens (tertiary/aromatic N) is 1. The Kier molecular flexibility index (Phi) is 3.99. The zero-order valence-corrected chi connectivity index (χ0v) is 11.3. The molecule has 1 unspecified atom stereocenters. The number of likely N-dealkylation sites (N-methyl/N-ethyl adjacent to an activating group) is 3. The predicted molar refractivity (Wildman–Crippen MR) is 73.9 cm³/mol. The lowest BCUT2D eigenvalue weighted by atomic mass is 10.0. The van der Waals surface area contributed by atoms with Gasteiger partial charge >= 0.3 is 0 Å². The first-order valence-corrected chi connectivity index (χ1v) is 6.44. The van der Waals surface area contributed by atoms with Crippen molar-refractivity contribution in [3.05, 3.63) is 29.3 Å². The number of anilines is 1. The van der Waals surface area contributed by atoms with Crippen LogP contribution in [-0.4, -0.2) is 33.1 Å². The third kappa shape index (κ3) is 2.40. The lowest BCUT2D eigenvalue weighted by molar-refractivity contribution is -0.117. The zero-order valence-electron chi connectivity index (χ0n) is 11.3. The van der Waals surface area contributed by atoms with Crippen LogP contribution in [0.1, 0.15) is 24.1 Å². The molecule has 0 spiro atoms. The number of hydrogen-bond donors (Lipinski definition) is 2. The molecule has 0 saturated carbocycles. The number of hydrogen-bond acceptors (Lipinski definition) is 3. The molecule has 0 saturated heterocycles. The molecule has 4 nitrogen and oxygen atoms in total. The first-order valence-electron chi connectivity index (χ1n) is 6.44. The fourth-order valence-corrected chi connectivity index (χ4v) is 2.38. The zero-order chi connectivity index (χ0) is 13.1. The summed E-state index contributed by atoms with van der Waals surface area (Å²) in [5, 5.41) is 6.65. The maximum absolute atomic E-state index is 11.7. The van der Waals surface area contributed by atoms with E-state index in [1.54, 1.807) is 4.90 Å². The fraction of sp³-hybridized carbons (Fsp3) is 0.500. The largest absolute Gasteiger partial charge is 0.315 e. The van der Waals surface area contributed by atoms with Gasteiger partial charge in [-0.25, -0.2) is 0 Å². The van der Waals surface area contributed by atoms with Gasteiger partial charge in [-0.3, -0.25) is 4.79 Å². The van der Waals surface area contributed by atoms with Gasteiger partial charge in [0.05, 0.1) is 6.42 Å². The third-order valence-corrected chi connectivity index (χ3v) is 3.53. The van der Waals surface area contributed by atoms with E-state index in [0.717, 1.165) is 24.3 Å². The van der Waals surface area contributed by atoms with Gasteiger partial charge in [0.2, 0.25) is 5.91 Å². The van der Waals surface area contributed by atoms with Gasteiger partial charge in [0.1, 0.15) is 0 Å². The van der Waals surface area contributed by atoms with Gasteiger partial charge in [0.25, 0.3) is 0 Å². The van der Waals surface area contributed by atoms with Crippen molar-refractivity contribution in [1.29, 1.82) is 0 Å². The average molecular weight is 247 g/mol. The highest BCUT2D eigenvalue weighted by molar-refractivity contribution is 6.00. The van der Waals surface area contributed by atoms with Crippen molar-refractivity contribution in [2.24, 2.45) is 0 Å². The van der Waals surface area contributed by atoms with E-state index in [4.69, 9.17) is 0 Å². The summed E-state index contributed by atoms with van der Waals surface area (Å²) in [6.07, 6.45) is 0.525. The van der Waals surface area contributed by atoms with Crippen molar-refractivity contribution in [3.8, 4) is 0 Å². The van der Waals surface area contributed by atoms with E-state index in [9.17, 15) is 4.79 Å². The maximum atomic E-state index is 11.7. The normalized spacial score (nSPS) is 15.9. The van der Waals surface area contributed by atoms with Crippen LogP contribution in [0.4, 0.5) is 5.69 Å². The van der Waals surface area contributed by atoms with Crippen LogP contribution in [0.2, 0.25) is 0 Å². The molecule has 0 radical (unpaired) electrons. The van der Waals surface area contributed by atoms with Crippen molar-refractivity contribution in [3.63, 3.8) is 0 Å². The molecule has 98 valence electrons. The highest BCUT2D eigenvalue weighted by atomic mass is 16.2. The molecule has 0 fully saturated rings. The third-order valence-electron chi connectivity index (χ3n) is 3.53. The molecule has 4 heteroatoms. The van der Waals surface area contributed by atoms with E-state index < -0.39 is 0 Å². The van der Waals surface area contributed by atoms with Crippen LogP contribution in [0.25, 0.3) is 0 Å². The Labute approximate surface area is 108 Å². The predicted octanol–water partition coefficient (Wildman–Crippen LogP) is 1.08. The summed E-state index contributed by atoms with van der Waals surface area (Å²) in [6.45, 7) is 3.96. The van der Waals surface area contributed by atoms with Crippen molar-refractivity contribution in [2.75, 3.05) is 32.1 Å². The SMILES string of the molecule is CCNCC(NC)c1ccc2c(c1)CC(=O)N2C. The van der Waals surface area contributed by atoms with Crippen LogP contribution in [0, 0.1) is 0 Å². The van der Waals surface area contributed by atoms with Crippen LogP contribution in [0.5, 0.6) is 0 Å². The van der Waals surface area contributed by atoms with Gasteiger partial charge < -0.3 is 15.5 Å². The Morgan fingerprint density at radius 3 is 2.89 bits per heavy atom. The van der Waals surface area contributed by atoms with E-state index in [-0.39, 0.29) is 11.9 Å². The van der Waals surface area contributed by atoms with Crippen LogP contribution < -0.4 is 15.5 Å². The van der Waals surface area contributed by atoms with Crippen LogP contribution >= 0.6 is 0 Å². The van der Waals surface area contributed by atoms with Crippen LogP contribution in [0.15, 0.2) is 18.2 Å². The number of carbonyl (C=O) groups excluding carboxylic acids is 1. The van der Waals surface area contributed by atoms with E-state index in [1.165, 1.54) is 5.56 Å². The molecule has 2 N–H and O–H groups in total. The second kappa shape index (κ2) is 5.50. The Bertz CT molecular complexity index is 445. The quantitative estimate of drug-likeness (QED) is 0.818. The highest BCUT2D eigenvalue weighted by Gasteiger charge is 2.24. The molecule has 0 aliphatic carbocycles. The molecular formula is C14H21N3O. The first-order chi connectivity index (χ1) is 8.67. The van der Waals surface area contributed by atoms with Crippen LogP contribution in [-0.2, 0) is 11.2 Å². The van der Waals surface area contributed by atoms with E-state index in [0.29, 0.717) is 6.42 Å².